The predicted octanol–water partition coefficient (Wildman–Crippen LogP) is 7.34. The average molecular weight is 534 g/mol. The van der Waals surface area contributed by atoms with Crippen LogP contribution in [0, 0.1) is 0 Å². The van der Waals surface area contributed by atoms with Crippen LogP contribution in [0.5, 0.6) is 5.75 Å². The van der Waals surface area contributed by atoms with Gasteiger partial charge >= 0.3 is 18.2 Å². The minimum Gasteiger partial charge on any atom is -0.487 e. The molecule has 4 aromatic rings. The van der Waals surface area contributed by atoms with Gasteiger partial charge in [-0.05, 0) is 58.1 Å². The monoisotopic (exact) mass is 533 g/mol. The molecule has 0 spiro atoms. The second kappa shape index (κ2) is 10.5. The first kappa shape index (κ1) is 25.8. The molecule has 1 amide bonds. The number of amides is 1. The normalized spacial score (nSPS) is 12.4. The number of aromatic carboxylic acids is 1. The Morgan fingerprint density at radius 2 is 1.51 bits per heavy atom. The fraction of sp³-hybridized carbons (Fsp3) is 0.133. The highest BCUT2D eigenvalue weighted by atomic mass is 19.4. The van der Waals surface area contributed by atoms with Crippen LogP contribution in [0.25, 0.3) is 11.1 Å². The Morgan fingerprint density at radius 1 is 0.846 bits per heavy atom. The van der Waals surface area contributed by atoms with Crippen LogP contribution in [-0.2, 0) is 17.5 Å². The fourth-order valence-electron chi connectivity index (χ4n) is 4.62. The molecular formula is C30H22F3NO5. The SMILES string of the molecule is O=C(Nc1ccc(C(=O)O)cc1OCc1cccc(C(F)(F)F)c1)OCC1c2ccccc2-c2ccccc21. The maximum atomic E-state index is 13.1. The van der Waals surface area contributed by atoms with E-state index >= 15 is 0 Å². The van der Waals surface area contributed by atoms with E-state index in [0.29, 0.717) is 0 Å². The number of alkyl halides is 3. The highest BCUT2D eigenvalue weighted by Crippen LogP contribution is 2.44. The molecule has 0 heterocycles. The van der Waals surface area contributed by atoms with Crippen molar-refractivity contribution in [1.82, 2.24) is 0 Å². The van der Waals surface area contributed by atoms with Gasteiger partial charge in [-0.15, -0.1) is 0 Å². The first-order valence-corrected chi connectivity index (χ1v) is 12.0. The summed E-state index contributed by atoms with van der Waals surface area (Å²) in [7, 11) is 0. The van der Waals surface area contributed by atoms with Gasteiger partial charge in [0.25, 0.3) is 0 Å². The summed E-state index contributed by atoms with van der Waals surface area (Å²) in [5.74, 6) is -1.42. The maximum absolute atomic E-state index is 13.1. The van der Waals surface area contributed by atoms with Gasteiger partial charge in [-0.1, -0.05) is 60.7 Å². The van der Waals surface area contributed by atoms with Crippen LogP contribution in [-0.4, -0.2) is 23.8 Å². The lowest BCUT2D eigenvalue weighted by atomic mass is 9.98. The van der Waals surface area contributed by atoms with Gasteiger partial charge in [0.1, 0.15) is 19.0 Å². The summed E-state index contributed by atoms with van der Waals surface area (Å²) >= 11 is 0. The molecule has 0 saturated carbocycles. The molecule has 0 saturated heterocycles. The van der Waals surface area contributed by atoms with Crippen LogP contribution in [0.1, 0.15) is 38.5 Å². The van der Waals surface area contributed by atoms with Gasteiger partial charge < -0.3 is 14.6 Å². The number of ether oxygens (including phenoxy) is 2. The van der Waals surface area contributed by atoms with Gasteiger partial charge in [-0.2, -0.15) is 13.2 Å². The smallest absolute Gasteiger partial charge is 0.416 e. The van der Waals surface area contributed by atoms with Crippen molar-refractivity contribution in [3.63, 3.8) is 0 Å². The van der Waals surface area contributed by atoms with E-state index in [9.17, 15) is 27.9 Å². The molecule has 6 nitrogen and oxygen atoms in total. The van der Waals surface area contributed by atoms with E-state index in [1.807, 2.05) is 48.5 Å². The van der Waals surface area contributed by atoms with E-state index in [4.69, 9.17) is 9.47 Å². The molecule has 198 valence electrons. The van der Waals surface area contributed by atoms with E-state index in [2.05, 4.69) is 5.32 Å². The quantitative estimate of drug-likeness (QED) is 0.260. The summed E-state index contributed by atoms with van der Waals surface area (Å²) in [5, 5.41) is 11.9. The molecule has 0 atom stereocenters. The number of halogens is 3. The minimum absolute atomic E-state index is 0.0270. The largest absolute Gasteiger partial charge is 0.487 e. The first-order chi connectivity index (χ1) is 18.7. The van der Waals surface area contributed by atoms with E-state index in [0.717, 1.165) is 34.4 Å². The van der Waals surface area contributed by atoms with Gasteiger partial charge in [0.2, 0.25) is 0 Å². The van der Waals surface area contributed by atoms with E-state index in [1.165, 1.54) is 30.3 Å². The second-order valence-corrected chi connectivity index (χ2v) is 8.95. The number of carboxylic acids is 1. The summed E-state index contributed by atoms with van der Waals surface area (Å²) in [6.07, 6.45) is -5.31. The molecule has 0 aliphatic heterocycles. The molecular weight excluding hydrogens is 511 g/mol. The Morgan fingerprint density at radius 3 is 2.15 bits per heavy atom. The van der Waals surface area contributed by atoms with Crippen LogP contribution in [0.2, 0.25) is 0 Å². The number of carbonyl (C=O) groups excluding carboxylic acids is 1. The molecule has 0 aromatic heterocycles. The Hall–Kier alpha value is -4.79. The first-order valence-electron chi connectivity index (χ1n) is 12.0. The number of carbonyl (C=O) groups is 2. The van der Waals surface area contributed by atoms with Gasteiger partial charge in [-0.25, -0.2) is 9.59 Å². The maximum Gasteiger partial charge on any atom is 0.416 e. The summed E-state index contributed by atoms with van der Waals surface area (Å²) in [6, 6.07) is 24.2. The van der Waals surface area contributed by atoms with Crippen molar-refractivity contribution < 1.29 is 37.3 Å². The summed E-state index contributed by atoms with van der Waals surface area (Å²) in [5.41, 5.74) is 3.63. The summed E-state index contributed by atoms with van der Waals surface area (Å²) < 4.78 is 50.4. The number of hydrogen-bond acceptors (Lipinski definition) is 4. The lowest BCUT2D eigenvalue weighted by molar-refractivity contribution is -0.137. The standard InChI is InChI=1S/C30H22F3NO5/c31-30(32,33)20-7-5-6-18(14-20)16-38-27-15-19(28(35)36)12-13-26(27)34-29(37)39-17-25-23-10-3-1-8-21(23)22-9-2-4-11-24(22)25/h1-15,25H,16-17H2,(H,34,37)(H,35,36). The molecule has 0 radical (unpaired) electrons. The molecule has 5 rings (SSSR count). The number of hydrogen-bond donors (Lipinski definition) is 2. The van der Waals surface area contributed by atoms with E-state index in [-0.39, 0.29) is 41.7 Å². The van der Waals surface area contributed by atoms with Crippen molar-refractivity contribution >= 4 is 17.7 Å². The molecule has 0 unspecified atom stereocenters. The lowest BCUT2D eigenvalue weighted by Gasteiger charge is -2.16. The van der Waals surface area contributed by atoms with Gasteiger partial charge in [0.15, 0.2) is 0 Å². The Balaban J connectivity index is 1.31. The molecule has 1 aliphatic rings. The van der Waals surface area contributed by atoms with Gasteiger partial charge in [-0.3, -0.25) is 5.32 Å². The van der Waals surface area contributed by atoms with Crippen molar-refractivity contribution in [2.75, 3.05) is 11.9 Å². The second-order valence-electron chi connectivity index (χ2n) is 8.95. The van der Waals surface area contributed by atoms with Crippen LogP contribution in [0.15, 0.2) is 91.0 Å². The van der Waals surface area contributed by atoms with E-state index < -0.39 is 23.8 Å². The van der Waals surface area contributed by atoms with Gasteiger partial charge in [0.05, 0.1) is 16.8 Å². The summed E-state index contributed by atoms with van der Waals surface area (Å²) in [4.78, 5) is 24.2. The fourth-order valence-corrected chi connectivity index (χ4v) is 4.62. The number of rotatable bonds is 7. The number of anilines is 1. The molecule has 4 aromatic carbocycles. The topological polar surface area (TPSA) is 84.9 Å². The van der Waals surface area contributed by atoms with Crippen molar-refractivity contribution in [3.05, 3.63) is 119 Å². The number of carboxylic acid groups (broad SMARTS) is 1. The van der Waals surface area contributed by atoms with Gasteiger partial charge in [0, 0.05) is 5.92 Å². The number of nitrogens with one attached hydrogen (secondary N) is 1. The molecule has 39 heavy (non-hydrogen) atoms. The highest BCUT2D eigenvalue weighted by Gasteiger charge is 2.31. The zero-order chi connectivity index (χ0) is 27.6. The van der Waals surface area contributed by atoms with E-state index in [1.54, 1.807) is 0 Å². The zero-order valence-electron chi connectivity index (χ0n) is 20.4. The van der Waals surface area contributed by atoms with Crippen molar-refractivity contribution in [2.45, 2.75) is 18.7 Å². The third kappa shape index (κ3) is 5.57. The third-order valence-corrected chi connectivity index (χ3v) is 6.46. The van der Waals surface area contributed by atoms with Crippen molar-refractivity contribution in [2.24, 2.45) is 0 Å². The van der Waals surface area contributed by atoms with Crippen LogP contribution >= 0.6 is 0 Å². The highest BCUT2D eigenvalue weighted by molar-refractivity contribution is 5.92. The Kier molecular flexibility index (Phi) is 6.98. The molecule has 2 N–H and O–H groups in total. The molecule has 0 fully saturated rings. The number of fused-ring (bicyclic) bond motifs is 3. The molecule has 0 bridgehead atoms. The molecule has 9 heteroatoms. The lowest BCUT2D eigenvalue weighted by Crippen LogP contribution is -2.18. The zero-order valence-corrected chi connectivity index (χ0v) is 20.4. The number of benzene rings is 4. The average Bonchev–Trinajstić information content (AvgIpc) is 3.24. The minimum atomic E-state index is -4.52. The Labute approximate surface area is 221 Å². The predicted molar refractivity (Wildman–Crippen MR) is 138 cm³/mol. The van der Waals surface area contributed by atoms with Crippen LogP contribution in [0.4, 0.5) is 23.7 Å². The summed E-state index contributed by atoms with van der Waals surface area (Å²) in [6.45, 7) is -0.222. The van der Waals surface area contributed by atoms with Crippen molar-refractivity contribution in [1.29, 1.82) is 0 Å². The third-order valence-electron chi connectivity index (χ3n) is 6.46. The van der Waals surface area contributed by atoms with Crippen LogP contribution < -0.4 is 10.1 Å². The van der Waals surface area contributed by atoms with Crippen molar-refractivity contribution in [3.8, 4) is 16.9 Å². The molecule has 1 aliphatic carbocycles. The Bertz CT molecular complexity index is 1500. The van der Waals surface area contributed by atoms with Crippen LogP contribution in [0.3, 0.4) is 0 Å².